The number of hydrogen-bond acceptors (Lipinski definition) is 8. The van der Waals surface area contributed by atoms with E-state index in [4.69, 9.17) is 9.26 Å². The Kier molecular flexibility index (Phi) is 4.97. The molecule has 8 nitrogen and oxygen atoms in total. The number of ether oxygens (including phenoxy) is 1. The van der Waals surface area contributed by atoms with Gasteiger partial charge < -0.3 is 14.2 Å². The molecule has 0 atom stereocenters. The molecular weight excluding hydrogens is 344 g/mol. The predicted octanol–water partition coefficient (Wildman–Crippen LogP) is 2.17. The molecule has 1 fully saturated rings. The van der Waals surface area contributed by atoms with Crippen molar-refractivity contribution in [3.63, 3.8) is 0 Å². The molecule has 0 bridgehead atoms. The number of hydrogen-bond donors (Lipinski definition) is 0. The van der Waals surface area contributed by atoms with Gasteiger partial charge in [-0.2, -0.15) is 9.97 Å². The molecule has 0 unspecified atom stereocenters. The Bertz CT molecular complexity index is 887. The summed E-state index contributed by atoms with van der Waals surface area (Å²) in [5.41, 5.74) is 2.18. The second-order valence-corrected chi connectivity index (χ2v) is 6.54. The van der Waals surface area contributed by atoms with Crippen LogP contribution in [0.5, 0.6) is 5.88 Å². The summed E-state index contributed by atoms with van der Waals surface area (Å²) in [7, 11) is 1.61. The highest BCUT2D eigenvalue weighted by molar-refractivity contribution is 5.54. The third-order valence-corrected chi connectivity index (χ3v) is 4.62. The first-order valence-electron chi connectivity index (χ1n) is 8.95. The summed E-state index contributed by atoms with van der Waals surface area (Å²) in [6.07, 6.45) is 1.72. The molecule has 0 amide bonds. The van der Waals surface area contributed by atoms with Crippen LogP contribution < -0.4 is 9.64 Å². The number of benzene rings is 1. The summed E-state index contributed by atoms with van der Waals surface area (Å²) in [6, 6.07) is 9.87. The number of rotatable bonds is 5. The highest BCUT2D eigenvalue weighted by atomic mass is 16.5. The zero-order chi connectivity index (χ0) is 18.6. The number of anilines is 1. The first-order chi connectivity index (χ1) is 13.2. The van der Waals surface area contributed by atoms with Gasteiger partial charge in [-0.3, -0.25) is 4.90 Å². The molecule has 0 saturated carbocycles. The minimum absolute atomic E-state index is 0.580. The molecule has 0 aliphatic carbocycles. The molecule has 4 rings (SSSR count). The van der Waals surface area contributed by atoms with E-state index in [9.17, 15) is 0 Å². The molecule has 3 heterocycles. The van der Waals surface area contributed by atoms with Gasteiger partial charge in [0.15, 0.2) is 0 Å². The van der Waals surface area contributed by atoms with Crippen molar-refractivity contribution < 1.29 is 9.26 Å². The van der Waals surface area contributed by atoms with Crippen LogP contribution in [0.4, 0.5) is 5.95 Å². The normalized spacial score (nSPS) is 15.1. The topological polar surface area (TPSA) is 80.4 Å². The predicted molar refractivity (Wildman–Crippen MR) is 101 cm³/mol. The van der Waals surface area contributed by atoms with Crippen molar-refractivity contribution in [1.29, 1.82) is 0 Å². The van der Waals surface area contributed by atoms with E-state index in [2.05, 4.69) is 36.8 Å². The Morgan fingerprint density at radius 3 is 2.56 bits per heavy atom. The number of aromatic nitrogens is 4. The number of piperazine rings is 1. The molecule has 140 valence electrons. The van der Waals surface area contributed by atoms with Gasteiger partial charge in [-0.15, -0.1) is 0 Å². The molecule has 0 spiro atoms. The Morgan fingerprint density at radius 1 is 1.04 bits per heavy atom. The number of methoxy groups -OCH3 is 1. The van der Waals surface area contributed by atoms with Gasteiger partial charge in [0.1, 0.15) is 0 Å². The van der Waals surface area contributed by atoms with Crippen LogP contribution in [-0.4, -0.2) is 58.3 Å². The minimum Gasteiger partial charge on any atom is -0.481 e. The molecule has 0 radical (unpaired) electrons. The van der Waals surface area contributed by atoms with E-state index in [-0.39, 0.29) is 0 Å². The third kappa shape index (κ3) is 4.06. The minimum atomic E-state index is 0.580. The molecule has 8 heteroatoms. The van der Waals surface area contributed by atoms with E-state index in [1.165, 1.54) is 5.56 Å². The van der Waals surface area contributed by atoms with Crippen LogP contribution in [0.3, 0.4) is 0 Å². The number of aryl methyl sites for hydroxylation is 1. The van der Waals surface area contributed by atoms with Gasteiger partial charge in [0, 0.05) is 44.0 Å². The molecule has 3 aromatic rings. The van der Waals surface area contributed by atoms with Gasteiger partial charge >= 0.3 is 0 Å². The van der Waals surface area contributed by atoms with Crippen LogP contribution in [0.2, 0.25) is 0 Å². The molecule has 27 heavy (non-hydrogen) atoms. The molecular formula is C19H22N6O2. The van der Waals surface area contributed by atoms with Crippen molar-refractivity contribution in [3.05, 3.63) is 48.0 Å². The van der Waals surface area contributed by atoms with Crippen molar-refractivity contribution in [2.75, 3.05) is 38.2 Å². The van der Waals surface area contributed by atoms with Gasteiger partial charge in [0.05, 0.1) is 13.7 Å². The Hall–Kier alpha value is -3.00. The maximum atomic E-state index is 5.44. The molecule has 1 aliphatic heterocycles. The fourth-order valence-corrected chi connectivity index (χ4v) is 3.03. The maximum absolute atomic E-state index is 5.44. The fraction of sp³-hybridized carbons (Fsp3) is 0.368. The summed E-state index contributed by atoms with van der Waals surface area (Å²) < 4.78 is 10.6. The van der Waals surface area contributed by atoms with Gasteiger partial charge in [-0.05, 0) is 6.92 Å². The second-order valence-electron chi connectivity index (χ2n) is 6.54. The van der Waals surface area contributed by atoms with Crippen LogP contribution in [0.25, 0.3) is 11.4 Å². The molecule has 2 aromatic heterocycles. The second kappa shape index (κ2) is 7.71. The van der Waals surface area contributed by atoms with Crippen LogP contribution in [0.1, 0.15) is 11.5 Å². The van der Waals surface area contributed by atoms with Gasteiger partial charge in [-0.1, -0.05) is 35.0 Å². The van der Waals surface area contributed by atoms with E-state index in [0.717, 1.165) is 31.7 Å². The lowest BCUT2D eigenvalue weighted by Crippen LogP contribution is -2.46. The van der Waals surface area contributed by atoms with Crippen LogP contribution in [0.15, 0.2) is 41.1 Å². The van der Waals surface area contributed by atoms with E-state index < -0.39 is 0 Å². The lowest BCUT2D eigenvalue weighted by atomic mass is 10.1. The van der Waals surface area contributed by atoms with Gasteiger partial charge in [0.2, 0.25) is 23.5 Å². The third-order valence-electron chi connectivity index (χ3n) is 4.62. The van der Waals surface area contributed by atoms with Crippen LogP contribution in [0, 0.1) is 6.92 Å². The summed E-state index contributed by atoms with van der Waals surface area (Å²) >= 11 is 0. The zero-order valence-corrected chi connectivity index (χ0v) is 15.5. The Balaban J connectivity index is 1.35. The molecule has 1 aromatic carbocycles. The van der Waals surface area contributed by atoms with Crippen LogP contribution >= 0.6 is 0 Å². The zero-order valence-electron chi connectivity index (χ0n) is 15.5. The molecule has 1 aliphatic rings. The highest BCUT2D eigenvalue weighted by Crippen LogP contribution is 2.18. The van der Waals surface area contributed by atoms with Crippen molar-refractivity contribution in [2.45, 2.75) is 13.5 Å². The number of nitrogens with zero attached hydrogens (tertiary/aromatic N) is 6. The monoisotopic (exact) mass is 366 g/mol. The fourth-order valence-electron chi connectivity index (χ4n) is 3.03. The van der Waals surface area contributed by atoms with Gasteiger partial charge in [-0.25, -0.2) is 4.98 Å². The van der Waals surface area contributed by atoms with Crippen LogP contribution in [-0.2, 0) is 6.54 Å². The quantitative estimate of drug-likeness (QED) is 0.680. The summed E-state index contributed by atoms with van der Waals surface area (Å²) in [4.78, 5) is 17.7. The average molecular weight is 366 g/mol. The van der Waals surface area contributed by atoms with Crippen molar-refractivity contribution >= 4 is 5.95 Å². The van der Waals surface area contributed by atoms with Crippen molar-refractivity contribution in [1.82, 2.24) is 25.0 Å². The standard InChI is InChI=1S/C19H22N6O2/c1-14-3-5-15(6-4-14)18-21-17(27-23-18)13-24-9-11-25(12-10-24)19-20-8-7-16(22-19)26-2/h3-8H,9-13H2,1-2H3. The molecule has 0 N–H and O–H groups in total. The van der Waals surface area contributed by atoms with E-state index in [1.807, 2.05) is 24.3 Å². The molecule has 1 saturated heterocycles. The van der Waals surface area contributed by atoms with Crippen molar-refractivity contribution in [3.8, 4) is 17.3 Å². The Morgan fingerprint density at radius 2 is 1.81 bits per heavy atom. The first-order valence-corrected chi connectivity index (χ1v) is 8.95. The lowest BCUT2D eigenvalue weighted by molar-refractivity contribution is 0.214. The van der Waals surface area contributed by atoms with Crippen molar-refractivity contribution in [2.24, 2.45) is 0 Å². The summed E-state index contributed by atoms with van der Waals surface area (Å²) in [5, 5.41) is 4.11. The highest BCUT2D eigenvalue weighted by Gasteiger charge is 2.21. The lowest BCUT2D eigenvalue weighted by Gasteiger charge is -2.33. The Labute approximate surface area is 157 Å². The largest absolute Gasteiger partial charge is 0.481 e. The summed E-state index contributed by atoms with van der Waals surface area (Å²) in [5.74, 6) is 2.55. The van der Waals surface area contributed by atoms with E-state index >= 15 is 0 Å². The van der Waals surface area contributed by atoms with E-state index in [1.54, 1.807) is 19.4 Å². The van der Waals surface area contributed by atoms with E-state index in [0.29, 0.717) is 30.1 Å². The summed E-state index contributed by atoms with van der Waals surface area (Å²) in [6.45, 7) is 6.14. The maximum Gasteiger partial charge on any atom is 0.241 e. The average Bonchev–Trinajstić information content (AvgIpc) is 3.17. The first kappa shape index (κ1) is 17.4. The SMILES string of the molecule is COc1ccnc(N2CCN(Cc3nc(-c4ccc(C)cc4)no3)CC2)n1. The van der Waals surface area contributed by atoms with Gasteiger partial charge in [0.25, 0.3) is 0 Å². The smallest absolute Gasteiger partial charge is 0.241 e.